The highest BCUT2D eigenvalue weighted by Gasteiger charge is 2.54. The molecule has 0 saturated heterocycles. The number of aliphatic hydroxyl groups excluding tert-OH is 1. The van der Waals surface area contributed by atoms with Crippen molar-refractivity contribution in [3.8, 4) is 5.75 Å². The van der Waals surface area contributed by atoms with Gasteiger partial charge in [0.25, 0.3) is 0 Å². The Labute approximate surface area is 208 Å². The number of carbonyl (C=O) groups is 3. The van der Waals surface area contributed by atoms with E-state index in [1.54, 1.807) is 0 Å². The van der Waals surface area contributed by atoms with Crippen molar-refractivity contribution in [1.29, 1.82) is 0 Å². The topological polar surface area (TPSA) is 105 Å². The first-order valence-electron chi connectivity index (χ1n) is 13.1. The largest absolute Gasteiger partial charge is 0.425 e. The second-order valence-corrected chi connectivity index (χ2v) is 11.6. The fourth-order valence-corrected chi connectivity index (χ4v) is 6.56. The Hall–Kier alpha value is -2.41. The van der Waals surface area contributed by atoms with Crippen molar-refractivity contribution in [2.75, 3.05) is 13.1 Å². The molecule has 7 nitrogen and oxygen atoms in total. The molecule has 2 fully saturated rings. The number of fused-ring (bicyclic) bond motifs is 5. The van der Waals surface area contributed by atoms with Crippen LogP contribution in [0.5, 0.6) is 5.75 Å². The van der Waals surface area contributed by atoms with Gasteiger partial charge < -0.3 is 20.5 Å². The third kappa shape index (κ3) is 5.11. The van der Waals surface area contributed by atoms with Crippen LogP contribution in [0, 0.1) is 22.7 Å². The minimum atomic E-state index is -0.541. The van der Waals surface area contributed by atoms with Crippen molar-refractivity contribution < 1.29 is 24.2 Å². The summed E-state index contributed by atoms with van der Waals surface area (Å²) in [6.45, 7) is 7.41. The average Bonchev–Trinajstić information content (AvgIpc) is 3.15. The van der Waals surface area contributed by atoms with Crippen LogP contribution in [0.25, 0.3) is 0 Å². The van der Waals surface area contributed by atoms with Crippen LogP contribution in [0.3, 0.4) is 0 Å². The summed E-state index contributed by atoms with van der Waals surface area (Å²) in [6.07, 6.45) is 6.76. The quantitative estimate of drug-likeness (QED) is 0.406. The predicted molar refractivity (Wildman–Crippen MR) is 133 cm³/mol. The van der Waals surface area contributed by atoms with Gasteiger partial charge in [-0.05, 0) is 91.4 Å². The maximum Gasteiger partial charge on any atom is 0.330 e. The van der Waals surface area contributed by atoms with Crippen molar-refractivity contribution in [1.82, 2.24) is 10.6 Å². The Morgan fingerprint density at radius 3 is 2.63 bits per heavy atom. The van der Waals surface area contributed by atoms with Gasteiger partial charge in [0, 0.05) is 5.41 Å². The van der Waals surface area contributed by atoms with E-state index in [0.29, 0.717) is 29.9 Å². The molecule has 5 atom stereocenters. The van der Waals surface area contributed by atoms with Crippen LogP contribution in [0.2, 0.25) is 0 Å². The SMILES string of the molecule is CCC(C)(C)C(=O)NCC(=O)NCC(=O)Oc1ccc2c(c1)CC[C@@H]1[C@@H]2CC[C@]2(C)[C@@H](O)CC[C@@H]12. The van der Waals surface area contributed by atoms with E-state index in [-0.39, 0.29) is 30.5 Å². The van der Waals surface area contributed by atoms with E-state index >= 15 is 0 Å². The summed E-state index contributed by atoms with van der Waals surface area (Å²) in [5.74, 6) is 1.05. The van der Waals surface area contributed by atoms with Gasteiger partial charge in [-0.2, -0.15) is 0 Å². The predicted octanol–water partition coefficient (Wildman–Crippen LogP) is 3.48. The Bertz CT molecular complexity index is 990. The number of ether oxygens (including phenoxy) is 1. The zero-order valence-corrected chi connectivity index (χ0v) is 21.5. The average molecular weight is 485 g/mol. The molecule has 0 radical (unpaired) electrons. The van der Waals surface area contributed by atoms with Crippen molar-refractivity contribution in [3.05, 3.63) is 29.3 Å². The molecule has 1 aromatic rings. The Morgan fingerprint density at radius 1 is 1.11 bits per heavy atom. The van der Waals surface area contributed by atoms with E-state index in [1.165, 1.54) is 11.1 Å². The van der Waals surface area contributed by atoms with E-state index < -0.39 is 17.3 Å². The molecule has 2 saturated carbocycles. The molecule has 2 amide bonds. The van der Waals surface area contributed by atoms with E-state index in [0.717, 1.165) is 38.5 Å². The van der Waals surface area contributed by atoms with Crippen LogP contribution in [-0.4, -0.2) is 42.1 Å². The van der Waals surface area contributed by atoms with Crippen LogP contribution in [0.4, 0.5) is 0 Å². The molecule has 4 rings (SSSR count). The molecular weight excluding hydrogens is 444 g/mol. The van der Waals surface area contributed by atoms with Gasteiger partial charge in [0.2, 0.25) is 11.8 Å². The van der Waals surface area contributed by atoms with Gasteiger partial charge in [-0.3, -0.25) is 9.59 Å². The zero-order chi connectivity index (χ0) is 25.4. The number of esters is 1. The summed E-state index contributed by atoms with van der Waals surface area (Å²) < 4.78 is 5.49. The lowest BCUT2D eigenvalue weighted by Crippen LogP contribution is -2.44. The molecule has 0 bridgehead atoms. The molecule has 0 heterocycles. The first-order chi connectivity index (χ1) is 16.5. The van der Waals surface area contributed by atoms with Gasteiger partial charge in [0.1, 0.15) is 12.3 Å². The van der Waals surface area contributed by atoms with Crippen LogP contribution in [-0.2, 0) is 20.8 Å². The fourth-order valence-electron chi connectivity index (χ4n) is 6.56. The number of amides is 2. The first-order valence-corrected chi connectivity index (χ1v) is 13.1. The number of carbonyl (C=O) groups excluding carboxylic acids is 3. The Kier molecular flexibility index (Phi) is 7.28. The van der Waals surface area contributed by atoms with Gasteiger partial charge in [0.05, 0.1) is 12.6 Å². The molecular formula is C28H40N2O5. The third-order valence-corrected chi connectivity index (χ3v) is 9.22. The Morgan fingerprint density at radius 2 is 1.89 bits per heavy atom. The van der Waals surface area contributed by atoms with E-state index in [2.05, 4.69) is 23.6 Å². The molecule has 1 aromatic carbocycles. The van der Waals surface area contributed by atoms with Crippen molar-refractivity contribution in [2.45, 2.75) is 84.7 Å². The van der Waals surface area contributed by atoms with Crippen LogP contribution in [0.15, 0.2) is 18.2 Å². The number of nitrogens with one attached hydrogen (secondary N) is 2. The lowest BCUT2D eigenvalue weighted by atomic mass is 9.55. The smallest absolute Gasteiger partial charge is 0.330 e. The van der Waals surface area contributed by atoms with Gasteiger partial charge in [0.15, 0.2) is 0 Å². The molecule has 192 valence electrons. The van der Waals surface area contributed by atoms with Gasteiger partial charge in [-0.15, -0.1) is 0 Å². The molecule has 3 aliphatic carbocycles. The summed E-state index contributed by atoms with van der Waals surface area (Å²) in [5.41, 5.74) is 2.13. The number of benzene rings is 1. The maximum absolute atomic E-state index is 12.3. The van der Waals surface area contributed by atoms with Gasteiger partial charge in [-0.1, -0.05) is 33.8 Å². The number of aliphatic hydroxyl groups is 1. The minimum absolute atomic E-state index is 0.0631. The molecule has 0 aliphatic heterocycles. The van der Waals surface area contributed by atoms with Crippen molar-refractivity contribution in [2.24, 2.45) is 22.7 Å². The van der Waals surface area contributed by atoms with Crippen LogP contribution >= 0.6 is 0 Å². The number of rotatable bonds is 7. The molecule has 0 spiro atoms. The number of hydrogen-bond donors (Lipinski definition) is 3. The third-order valence-electron chi connectivity index (χ3n) is 9.22. The number of aryl methyl sites for hydroxylation is 1. The molecule has 7 heteroatoms. The highest BCUT2D eigenvalue weighted by molar-refractivity contribution is 5.89. The minimum Gasteiger partial charge on any atom is -0.425 e. The van der Waals surface area contributed by atoms with Crippen molar-refractivity contribution >= 4 is 17.8 Å². The second kappa shape index (κ2) is 9.92. The summed E-state index contributed by atoms with van der Waals surface area (Å²) >= 11 is 0. The lowest BCUT2D eigenvalue weighted by Gasteiger charge is -2.50. The fraction of sp³-hybridized carbons (Fsp3) is 0.679. The molecule has 0 aromatic heterocycles. The summed E-state index contributed by atoms with van der Waals surface area (Å²) in [7, 11) is 0. The summed E-state index contributed by atoms with van der Waals surface area (Å²) in [4.78, 5) is 36.4. The molecule has 0 unspecified atom stereocenters. The maximum atomic E-state index is 12.3. The highest BCUT2D eigenvalue weighted by Crippen LogP contribution is 2.60. The number of hydrogen-bond acceptors (Lipinski definition) is 5. The highest BCUT2D eigenvalue weighted by atomic mass is 16.5. The van der Waals surface area contributed by atoms with Gasteiger partial charge >= 0.3 is 5.97 Å². The van der Waals surface area contributed by atoms with Crippen molar-refractivity contribution in [3.63, 3.8) is 0 Å². The van der Waals surface area contributed by atoms with E-state index in [4.69, 9.17) is 4.74 Å². The van der Waals surface area contributed by atoms with E-state index in [9.17, 15) is 19.5 Å². The normalized spacial score (nSPS) is 29.4. The Balaban J connectivity index is 1.29. The lowest BCUT2D eigenvalue weighted by molar-refractivity contribution is -0.135. The second-order valence-electron chi connectivity index (χ2n) is 11.6. The van der Waals surface area contributed by atoms with Crippen LogP contribution < -0.4 is 15.4 Å². The summed E-state index contributed by atoms with van der Waals surface area (Å²) in [5, 5.41) is 15.7. The molecule has 35 heavy (non-hydrogen) atoms. The van der Waals surface area contributed by atoms with Gasteiger partial charge in [-0.25, -0.2) is 4.79 Å². The first kappa shape index (κ1) is 25.7. The molecule has 3 aliphatic rings. The summed E-state index contributed by atoms with van der Waals surface area (Å²) in [6, 6.07) is 5.92. The standard InChI is InChI=1S/C28H40N2O5/c1-5-27(2,3)26(34)30-15-24(32)29-16-25(33)35-18-7-9-19-17(14-18)6-8-21-20(19)12-13-28(4)22(21)10-11-23(28)31/h7,9,14,20-23,31H,5-6,8,10-13,15-16H2,1-4H3,(H,29,32)(H,30,34)/t20-,21-,22+,23+,28+/m1/s1. The van der Waals surface area contributed by atoms with E-state index in [1.807, 2.05) is 32.9 Å². The zero-order valence-electron chi connectivity index (χ0n) is 21.5. The molecule has 3 N–H and O–H groups in total. The monoisotopic (exact) mass is 484 g/mol. The van der Waals surface area contributed by atoms with Crippen LogP contribution in [0.1, 0.15) is 83.3 Å².